The van der Waals surface area contributed by atoms with Crippen molar-refractivity contribution < 1.29 is 14.3 Å². The summed E-state index contributed by atoms with van der Waals surface area (Å²) in [6, 6.07) is 8.97. The van der Waals surface area contributed by atoms with Crippen LogP contribution < -0.4 is 14.8 Å². The van der Waals surface area contributed by atoms with Crippen molar-refractivity contribution >= 4 is 27.7 Å². The fourth-order valence-electron chi connectivity index (χ4n) is 1.68. The van der Waals surface area contributed by atoms with Gasteiger partial charge >= 0.3 is 0 Å². The Morgan fingerprint density at radius 3 is 2.81 bits per heavy atom. The lowest BCUT2D eigenvalue weighted by molar-refractivity contribution is -0.118. The van der Waals surface area contributed by atoms with E-state index in [0.717, 1.165) is 10.0 Å². The molecule has 1 aromatic heterocycles. The molecule has 0 saturated heterocycles. The van der Waals surface area contributed by atoms with Gasteiger partial charge in [-0.25, -0.2) is 4.98 Å². The van der Waals surface area contributed by atoms with Gasteiger partial charge < -0.3 is 14.8 Å². The molecule has 1 amide bonds. The number of aryl methyl sites for hydroxylation is 1. The Balaban J connectivity index is 1.92. The van der Waals surface area contributed by atoms with E-state index >= 15 is 0 Å². The number of carbonyl (C=O) groups excluding carboxylic acids is 1. The predicted molar refractivity (Wildman–Crippen MR) is 83.8 cm³/mol. The molecule has 0 spiro atoms. The minimum absolute atomic E-state index is 0.0929. The van der Waals surface area contributed by atoms with E-state index in [9.17, 15) is 4.79 Å². The van der Waals surface area contributed by atoms with Gasteiger partial charge in [0.05, 0.1) is 7.11 Å². The van der Waals surface area contributed by atoms with E-state index in [2.05, 4.69) is 26.2 Å². The number of anilines is 1. The highest BCUT2D eigenvalue weighted by Crippen LogP contribution is 2.19. The third-order valence-electron chi connectivity index (χ3n) is 2.71. The number of amides is 1. The molecule has 0 aliphatic carbocycles. The van der Waals surface area contributed by atoms with Gasteiger partial charge in [-0.15, -0.1) is 0 Å². The Morgan fingerprint density at radius 1 is 1.33 bits per heavy atom. The molecular weight excluding hydrogens is 336 g/mol. The average Bonchev–Trinajstić information content (AvgIpc) is 2.48. The van der Waals surface area contributed by atoms with Crippen molar-refractivity contribution in [3.8, 4) is 11.5 Å². The van der Waals surface area contributed by atoms with Crippen LogP contribution in [0.5, 0.6) is 11.5 Å². The average molecular weight is 351 g/mol. The maximum absolute atomic E-state index is 11.9. The van der Waals surface area contributed by atoms with Crippen LogP contribution in [0.4, 0.5) is 5.82 Å². The van der Waals surface area contributed by atoms with Gasteiger partial charge in [0.25, 0.3) is 5.91 Å². The van der Waals surface area contributed by atoms with Crippen LogP contribution in [0.3, 0.4) is 0 Å². The number of rotatable bonds is 5. The van der Waals surface area contributed by atoms with Gasteiger partial charge in [-0.1, -0.05) is 6.07 Å². The molecule has 0 fully saturated rings. The first-order chi connectivity index (χ1) is 10.1. The van der Waals surface area contributed by atoms with Crippen LogP contribution in [0.1, 0.15) is 5.56 Å². The van der Waals surface area contributed by atoms with E-state index in [1.54, 1.807) is 31.5 Å². The standard InChI is InChI=1S/C15H15BrN2O3/c1-10-6-11(16)8-17-15(10)18-14(19)9-21-13-5-3-4-12(7-13)20-2/h3-8H,9H2,1-2H3,(H,17,18,19). The normalized spacial score (nSPS) is 10.0. The molecule has 0 aliphatic rings. The fourth-order valence-corrected chi connectivity index (χ4v) is 2.13. The largest absolute Gasteiger partial charge is 0.497 e. The van der Waals surface area contributed by atoms with Crippen LogP contribution in [0.25, 0.3) is 0 Å². The SMILES string of the molecule is COc1cccc(OCC(=O)Nc2ncc(Br)cc2C)c1. The molecule has 0 saturated carbocycles. The number of hydrogen-bond donors (Lipinski definition) is 1. The lowest BCUT2D eigenvalue weighted by atomic mass is 10.3. The molecule has 5 nitrogen and oxygen atoms in total. The highest BCUT2D eigenvalue weighted by atomic mass is 79.9. The summed E-state index contributed by atoms with van der Waals surface area (Å²) in [6.07, 6.45) is 1.63. The maximum atomic E-state index is 11.9. The van der Waals surface area contributed by atoms with Crippen LogP contribution in [-0.4, -0.2) is 24.6 Å². The van der Waals surface area contributed by atoms with Crippen molar-refractivity contribution in [2.75, 3.05) is 19.0 Å². The molecule has 21 heavy (non-hydrogen) atoms. The second kappa shape index (κ2) is 7.08. The van der Waals surface area contributed by atoms with E-state index in [1.165, 1.54) is 0 Å². The third kappa shape index (κ3) is 4.46. The zero-order valence-corrected chi connectivity index (χ0v) is 13.3. The molecule has 1 aromatic carbocycles. The summed E-state index contributed by atoms with van der Waals surface area (Å²) in [5.74, 6) is 1.51. The van der Waals surface area contributed by atoms with E-state index in [4.69, 9.17) is 9.47 Å². The third-order valence-corrected chi connectivity index (χ3v) is 3.15. The van der Waals surface area contributed by atoms with Gasteiger partial charge in [-0.3, -0.25) is 4.79 Å². The summed E-state index contributed by atoms with van der Waals surface area (Å²) in [5, 5.41) is 2.71. The summed E-state index contributed by atoms with van der Waals surface area (Å²) in [5.41, 5.74) is 0.874. The molecule has 2 rings (SSSR count). The van der Waals surface area contributed by atoms with Gasteiger partial charge in [0.2, 0.25) is 0 Å². The topological polar surface area (TPSA) is 60.5 Å². The number of aromatic nitrogens is 1. The van der Waals surface area contributed by atoms with Crippen LogP contribution >= 0.6 is 15.9 Å². The molecule has 0 radical (unpaired) electrons. The highest BCUT2D eigenvalue weighted by molar-refractivity contribution is 9.10. The Hall–Kier alpha value is -2.08. The molecule has 0 bridgehead atoms. The van der Waals surface area contributed by atoms with E-state index < -0.39 is 0 Å². The minimum Gasteiger partial charge on any atom is -0.497 e. The fraction of sp³-hybridized carbons (Fsp3) is 0.200. The first-order valence-electron chi connectivity index (χ1n) is 6.27. The van der Waals surface area contributed by atoms with E-state index in [-0.39, 0.29) is 12.5 Å². The van der Waals surface area contributed by atoms with Crippen molar-refractivity contribution in [3.63, 3.8) is 0 Å². The number of pyridine rings is 1. The number of nitrogens with zero attached hydrogens (tertiary/aromatic N) is 1. The van der Waals surface area contributed by atoms with E-state index in [0.29, 0.717) is 17.3 Å². The number of ether oxygens (including phenoxy) is 2. The first-order valence-corrected chi connectivity index (χ1v) is 7.06. The summed E-state index contributed by atoms with van der Waals surface area (Å²) < 4.78 is 11.4. The molecule has 2 aromatic rings. The van der Waals surface area contributed by atoms with Crippen molar-refractivity contribution in [1.82, 2.24) is 4.98 Å². The highest BCUT2D eigenvalue weighted by Gasteiger charge is 2.07. The minimum atomic E-state index is -0.268. The molecule has 0 atom stereocenters. The number of carbonyl (C=O) groups is 1. The van der Waals surface area contributed by atoms with Crippen molar-refractivity contribution in [2.24, 2.45) is 0 Å². The van der Waals surface area contributed by atoms with Crippen LogP contribution in [0.15, 0.2) is 41.0 Å². The molecule has 0 unspecified atom stereocenters. The number of halogens is 1. The quantitative estimate of drug-likeness (QED) is 0.899. The first kappa shape index (κ1) is 15.3. The van der Waals surface area contributed by atoms with Gasteiger partial charge in [0, 0.05) is 16.7 Å². The molecule has 1 heterocycles. The molecule has 0 aliphatic heterocycles. The Morgan fingerprint density at radius 2 is 2.10 bits per heavy atom. The second-order valence-corrected chi connectivity index (χ2v) is 5.25. The van der Waals surface area contributed by atoms with Gasteiger partial charge in [0.1, 0.15) is 17.3 Å². The van der Waals surface area contributed by atoms with Crippen molar-refractivity contribution in [1.29, 1.82) is 0 Å². The number of nitrogens with one attached hydrogen (secondary N) is 1. The Kier molecular flexibility index (Phi) is 5.16. The molecular formula is C15H15BrN2O3. The van der Waals surface area contributed by atoms with Crippen LogP contribution in [0, 0.1) is 6.92 Å². The molecule has 1 N–H and O–H groups in total. The van der Waals surface area contributed by atoms with Gasteiger partial charge in [-0.2, -0.15) is 0 Å². The number of hydrogen-bond acceptors (Lipinski definition) is 4. The summed E-state index contributed by atoms with van der Waals surface area (Å²) in [7, 11) is 1.58. The lowest BCUT2D eigenvalue weighted by Gasteiger charge is -2.09. The van der Waals surface area contributed by atoms with Crippen molar-refractivity contribution in [3.05, 3.63) is 46.6 Å². The Bertz CT molecular complexity index is 647. The monoisotopic (exact) mass is 350 g/mol. The Labute approximate surface area is 131 Å². The van der Waals surface area contributed by atoms with Crippen LogP contribution in [-0.2, 0) is 4.79 Å². The second-order valence-electron chi connectivity index (χ2n) is 4.33. The summed E-state index contributed by atoms with van der Waals surface area (Å²) in [4.78, 5) is 16.0. The van der Waals surface area contributed by atoms with Gasteiger partial charge in [-0.05, 0) is 46.6 Å². The zero-order valence-electron chi connectivity index (χ0n) is 11.7. The maximum Gasteiger partial charge on any atom is 0.263 e. The summed E-state index contributed by atoms with van der Waals surface area (Å²) in [6.45, 7) is 1.78. The summed E-state index contributed by atoms with van der Waals surface area (Å²) >= 11 is 3.33. The van der Waals surface area contributed by atoms with E-state index in [1.807, 2.05) is 19.1 Å². The molecule has 6 heteroatoms. The lowest BCUT2D eigenvalue weighted by Crippen LogP contribution is -2.21. The predicted octanol–water partition coefficient (Wildman–Crippen LogP) is 3.18. The molecule has 110 valence electrons. The smallest absolute Gasteiger partial charge is 0.263 e. The van der Waals surface area contributed by atoms with Crippen LogP contribution in [0.2, 0.25) is 0 Å². The zero-order chi connectivity index (χ0) is 15.2. The van der Waals surface area contributed by atoms with Crippen molar-refractivity contribution in [2.45, 2.75) is 6.92 Å². The number of methoxy groups -OCH3 is 1. The van der Waals surface area contributed by atoms with Gasteiger partial charge in [0.15, 0.2) is 6.61 Å². The number of benzene rings is 1.